The van der Waals surface area contributed by atoms with Crippen LogP contribution < -0.4 is 10.7 Å². The van der Waals surface area contributed by atoms with E-state index in [0.717, 1.165) is 6.07 Å². The molecule has 1 heterocycles. The maximum Gasteiger partial charge on any atom is 0.389 e. The van der Waals surface area contributed by atoms with Crippen molar-refractivity contribution in [2.24, 2.45) is 0 Å². The number of fused-ring (bicyclic) bond motifs is 1. The molecular weight excluding hydrogens is 335 g/mol. The summed E-state index contributed by atoms with van der Waals surface area (Å²) in [5, 5.41) is 3.04. The number of alkyl halides is 3. The number of hydrogen-bond donors (Lipinski definition) is 1. The van der Waals surface area contributed by atoms with E-state index in [1.165, 1.54) is 18.2 Å². The summed E-state index contributed by atoms with van der Waals surface area (Å²) in [6, 6.07) is 5.45. The fourth-order valence-corrected chi connectivity index (χ4v) is 2.15. The van der Waals surface area contributed by atoms with Crippen LogP contribution in [0, 0.1) is 0 Å². The average molecular weight is 348 g/mol. The van der Waals surface area contributed by atoms with Crippen molar-refractivity contribution in [1.82, 2.24) is 5.32 Å². The summed E-state index contributed by atoms with van der Waals surface area (Å²) in [6.07, 6.45) is -4.99. The number of unbranched alkanes of at least 4 members (excludes halogenated alkanes) is 1. The van der Waals surface area contributed by atoms with E-state index in [-0.39, 0.29) is 36.1 Å². The highest BCUT2D eigenvalue weighted by atomic mass is 35.5. The second-order valence-corrected chi connectivity index (χ2v) is 5.38. The molecule has 2 aromatic rings. The quantitative estimate of drug-likeness (QED) is 0.834. The van der Waals surface area contributed by atoms with Gasteiger partial charge in [-0.1, -0.05) is 11.6 Å². The molecule has 0 spiro atoms. The molecule has 4 nitrogen and oxygen atoms in total. The summed E-state index contributed by atoms with van der Waals surface area (Å²) in [5.41, 5.74) is -0.208. The van der Waals surface area contributed by atoms with Crippen LogP contribution in [0.4, 0.5) is 13.2 Å². The number of nitrogens with one attached hydrogen (secondary N) is 1. The van der Waals surface area contributed by atoms with E-state index in [1.807, 2.05) is 0 Å². The summed E-state index contributed by atoms with van der Waals surface area (Å²) < 4.78 is 41.3. The number of carbonyl (C=O) groups excluding carboxylic acids is 1. The lowest BCUT2D eigenvalue weighted by Gasteiger charge is -2.07. The molecule has 0 atom stereocenters. The van der Waals surface area contributed by atoms with Crippen molar-refractivity contribution in [3.05, 3.63) is 45.3 Å². The molecule has 124 valence electrons. The third-order valence-corrected chi connectivity index (χ3v) is 3.32. The highest BCUT2D eigenvalue weighted by Gasteiger charge is 2.25. The van der Waals surface area contributed by atoms with Crippen LogP contribution in [0.25, 0.3) is 11.0 Å². The second kappa shape index (κ2) is 7.04. The number of amides is 1. The van der Waals surface area contributed by atoms with Gasteiger partial charge in [-0.15, -0.1) is 0 Å². The van der Waals surface area contributed by atoms with Crippen LogP contribution in [0.3, 0.4) is 0 Å². The fraction of sp³-hybridized carbons (Fsp3) is 0.333. The Morgan fingerprint density at radius 2 is 1.96 bits per heavy atom. The van der Waals surface area contributed by atoms with E-state index in [4.69, 9.17) is 16.0 Å². The minimum absolute atomic E-state index is 0.0667. The van der Waals surface area contributed by atoms with Gasteiger partial charge in [0.05, 0.1) is 5.39 Å². The Kier molecular flexibility index (Phi) is 5.30. The Labute approximate surface area is 134 Å². The van der Waals surface area contributed by atoms with E-state index in [2.05, 4.69) is 5.32 Å². The van der Waals surface area contributed by atoms with Crippen LogP contribution in [-0.4, -0.2) is 18.6 Å². The first-order valence-corrected chi connectivity index (χ1v) is 7.22. The van der Waals surface area contributed by atoms with Crippen LogP contribution >= 0.6 is 11.6 Å². The van der Waals surface area contributed by atoms with Crippen molar-refractivity contribution >= 4 is 28.5 Å². The maximum atomic E-state index is 12.0. The van der Waals surface area contributed by atoms with E-state index < -0.39 is 23.9 Å². The van der Waals surface area contributed by atoms with Gasteiger partial charge in [0.1, 0.15) is 5.58 Å². The zero-order chi connectivity index (χ0) is 17.0. The molecule has 0 aliphatic rings. The molecule has 0 saturated heterocycles. The molecule has 1 N–H and O–H groups in total. The molecule has 0 unspecified atom stereocenters. The molecule has 1 amide bonds. The third kappa shape index (κ3) is 4.99. The summed E-state index contributed by atoms with van der Waals surface area (Å²) >= 11 is 5.78. The smallest absolute Gasteiger partial charge is 0.389 e. The van der Waals surface area contributed by atoms with E-state index >= 15 is 0 Å². The molecule has 23 heavy (non-hydrogen) atoms. The summed E-state index contributed by atoms with van der Waals surface area (Å²) in [5.74, 6) is -0.841. The Morgan fingerprint density at radius 1 is 1.22 bits per heavy atom. The minimum atomic E-state index is -4.20. The molecule has 0 aliphatic heterocycles. The van der Waals surface area contributed by atoms with Crippen LogP contribution in [0.1, 0.15) is 29.8 Å². The zero-order valence-corrected chi connectivity index (χ0v) is 12.6. The highest BCUT2D eigenvalue weighted by molar-refractivity contribution is 6.31. The lowest BCUT2D eigenvalue weighted by molar-refractivity contribution is -0.135. The SMILES string of the molecule is O=C(NCCCCC(F)(F)F)c1cc(=O)c2cc(Cl)ccc2o1. The highest BCUT2D eigenvalue weighted by Crippen LogP contribution is 2.22. The van der Waals surface area contributed by atoms with Gasteiger partial charge >= 0.3 is 6.18 Å². The number of benzene rings is 1. The molecule has 0 saturated carbocycles. The van der Waals surface area contributed by atoms with Crippen molar-refractivity contribution < 1.29 is 22.4 Å². The molecular formula is C15H13ClF3NO3. The van der Waals surface area contributed by atoms with Gasteiger partial charge in [-0.2, -0.15) is 13.2 Å². The Morgan fingerprint density at radius 3 is 2.65 bits per heavy atom. The molecule has 1 aromatic carbocycles. The predicted molar refractivity (Wildman–Crippen MR) is 79.7 cm³/mol. The minimum Gasteiger partial charge on any atom is -0.451 e. The summed E-state index contributed by atoms with van der Waals surface area (Å²) in [6.45, 7) is 0.0667. The van der Waals surface area contributed by atoms with Gasteiger partial charge in [-0.3, -0.25) is 9.59 Å². The number of hydrogen-bond acceptors (Lipinski definition) is 3. The fourth-order valence-electron chi connectivity index (χ4n) is 1.98. The van der Waals surface area contributed by atoms with Gasteiger partial charge in [0.2, 0.25) is 0 Å². The number of rotatable bonds is 5. The van der Waals surface area contributed by atoms with E-state index in [1.54, 1.807) is 0 Å². The molecule has 1 aromatic heterocycles. The van der Waals surface area contributed by atoms with E-state index in [9.17, 15) is 22.8 Å². The zero-order valence-electron chi connectivity index (χ0n) is 11.9. The van der Waals surface area contributed by atoms with Crippen LogP contribution in [-0.2, 0) is 0 Å². The largest absolute Gasteiger partial charge is 0.451 e. The summed E-state index contributed by atoms with van der Waals surface area (Å²) in [7, 11) is 0. The van der Waals surface area contributed by atoms with Gasteiger partial charge in [0.25, 0.3) is 5.91 Å². The van der Waals surface area contributed by atoms with Crippen molar-refractivity contribution in [3.63, 3.8) is 0 Å². The molecule has 0 fully saturated rings. The van der Waals surface area contributed by atoms with Gasteiger partial charge in [-0.25, -0.2) is 0 Å². The third-order valence-electron chi connectivity index (χ3n) is 3.09. The van der Waals surface area contributed by atoms with Gasteiger partial charge in [0, 0.05) is 24.1 Å². The molecule has 2 rings (SSSR count). The monoisotopic (exact) mass is 347 g/mol. The standard InChI is InChI=1S/C15H13ClF3NO3/c16-9-3-4-12-10(7-9)11(21)8-13(23-12)14(22)20-6-2-1-5-15(17,18)19/h3-4,7-8H,1-2,5-6H2,(H,20,22). The Balaban J connectivity index is 1.99. The predicted octanol–water partition coefficient (Wildman–Crippen LogP) is 3.91. The second-order valence-electron chi connectivity index (χ2n) is 4.94. The number of halogens is 4. The average Bonchev–Trinajstić information content (AvgIpc) is 2.46. The van der Waals surface area contributed by atoms with Crippen molar-refractivity contribution in [2.75, 3.05) is 6.54 Å². The first kappa shape index (κ1) is 17.3. The first-order valence-electron chi connectivity index (χ1n) is 6.84. The van der Waals surface area contributed by atoms with E-state index in [0.29, 0.717) is 5.02 Å². The van der Waals surface area contributed by atoms with Gasteiger partial charge in [-0.05, 0) is 31.0 Å². The normalized spacial score (nSPS) is 11.7. The van der Waals surface area contributed by atoms with Crippen LogP contribution in [0.2, 0.25) is 5.02 Å². The van der Waals surface area contributed by atoms with Crippen molar-refractivity contribution in [2.45, 2.75) is 25.4 Å². The lowest BCUT2D eigenvalue weighted by Crippen LogP contribution is -2.25. The maximum absolute atomic E-state index is 12.0. The lowest BCUT2D eigenvalue weighted by atomic mass is 10.2. The van der Waals surface area contributed by atoms with Gasteiger partial charge in [0.15, 0.2) is 11.2 Å². The first-order chi connectivity index (χ1) is 10.8. The van der Waals surface area contributed by atoms with Gasteiger partial charge < -0.3 is 9.73 Å². The van der Waals surface area contributed by atoms with Crippen LogP contribution in [0.15, 0.2) is 33.5 Å². The molecule has 0 bridgehead atoms. The Hall–Kier alpha value is -2.02. The van der Waals surface area contributed by atoms with Crippen LogP contribution in [0.5, 0.6) is 0 Å². The molecule has 8 heteroatoms. The molecule has 0 radical (unpaired) electrons. The topological polar surface area (TPSA) is 59.3 Å². The molecule has 0 aliphatic carbocycles. The summed E-state index contributed by atoms with van der Waals surface area (Å²) in [4.78, 5) is 23.8. The Bertz CT molecular complexity index is 771. The van der Waals surface area contributed by atoms with Crippen molar-refractivity contribution in [3.8, 4) is 0 Å². The number of carbonyl (C=O) groups is 1. The van der Waals surface area contributed by atoms with Crippen molar-refractivity contribution in [1.29, 1.82) is 0 Å².